The van der Waals surface area contributed by atoms with E-state index in [0.717, 1.165) is 13.2 Å². The molecule has 1 aromatic rings. The zero-order valence-corrected chi connectivity index (χ0v) is 9.22. The Morgan fingerprint density at radius 1 is 1.57 bits per heavy atom. The Morgan fingerprint density at radius 3 is 2.57 bits per heavy atom. The van der Waals surface area contributed by atoms with Crippen molar-refractivity contribution in [1.29, 1.82) is 0 Å². The van der Waals surface area contributed by atoms with Crippen LogP contribution in [0.15, 0.2) is 9.85 Å². The molecule has 1 heterocycles. The van der Waals surface area contributed by atoms with E-state index in [9.17, 15) is 18.0 Å². The van der Waals surface area contributed by atoms with Crippen LogP contribution in [0.2, 0.25) is 0 Å². The van der Waals surface area contributed by atoms with Crippen LogP contribution in [0.1, 0.15) is 15.2 Å². The molecule has 14 heavy (non-hydrogen) atoms. The number of alkyl halides is 3. The molecule has 0 aliphatic carbocycles. The first-order chi connectivity index (χ1) is 6.36. The third kappa shape index (κ3) is 2.27. The highest BCUT2D eigenvalue weighted by atomic mass is 79.9. The molecule has 0 amide bonds. The van der Waals surface area contributed by atoms with Gasteiger partial charge in [0.25, 0.3) is 0 Å². The Morgan fingerprint density at radius 2 is 2.14 bits per heavy atom. The molecule has 0 saturated heterocycles. The van der Waals surface area contributed by atoms with Gasteiger partial charge in [0.1, 0.15) is 4.88 Å². The molecule has 0 bridgehead atoms. The van der Waals surface area contributed by atoms with E-state index in [-0.39, 0.29) is 3.79 Å². The maximum atomic E-state index is 12.3. The average molecular weight is 289 g/mol. The quantitative estimate of drug-likeness (QED) is 0.741. The molecule has 0 aliphatic rings. The summed E-state index contributed by atoms with van der Waals surface area (Å²) in [5.74, 6) is -0.987. The van der Waals surface area contributed by atoms with Crippen molar-refractivity contribution in [2.75, 3.05) is 7.11 Å². The van der Waals surface area contributed by atoms with Crippen LogP contribution in [-0.4, -0.2) is 13.1 Å². The number of thiophene rings is 1. The van der Waals surface area contributed by atoms with Crippen molar-refractivity contribution >= 4 is 33.2 Å². The maximum absolute atomic E-state index is 12.3. The molecule has 0 aromatic carbocycles. The predicted octanol–water partition coefficient (Wildman–Crippen LogP) is 3.32. The Balaban J connectivity index is 3.23. The molecule has 0 atom stereocenters. The van der Waals surface area contributed by atoms with Gasteiger partial charge in [0.2, 0.25) is 0 Å². The van der Waals surface area contributed by atoms with Gasteiger partial charge >= 0.3 is 12.1 Å². The summed E-state index contributed by atoms with van der Waals surface area (Å²) in [6.07, 6.45) is -4.53. The zero-order chi connectivity index (χ0) is 10.9. The normalized spacial score (nSPS) is 11.5. The Hall–Kier alpha value is -0.560. The Labute approximate surface area is 89.8 Å². The second-order valence-corrected chi connectivity index (χ2v) is 4.71. The van der Waals surface area contributed by atoms with Crippen LogP contribution in [0.5, 0.6) is 0 Å². The first-order valence-electron chi connectivity index (χ1n) is 3.31. The minimum absolute atomic E-state index is 0.241. The number of methoxy groups -OCH3 is 1. The molecule has 7 heteroatoms. The molecule has 1 rings (SSSR count). The Kier molecular flexibility index (Phi) is 3.20. The van der Waals surface area contributed by atoms with Crippen molar-refractivity contribution in [3.05, 3.63) is 20.3 Å². The fourth-order valence-corrected chi connectivity index (χ4v) is 2.29. The van der Waals surface area contributed by atoms with Crippen molar-refractivity contribution < 1.29 is 22.7 Å². The minimum Gasteiger partial charge on any atom is -0.465 e. The van der Waals surface area contributed by atoms with E-state index in [2.05, 4.69) is 20.7 Å². The summed E-state index contributed by atoms with van der Waals surface area (Å²) < 4.78 is 41.5. The molecule has 0 spiro atoms. The third-order valence-electron chi connectivity index (χ3n) is 1.36. The van der Waals surface area contributed by atoms with Crippen molar-refractivity contribution in [3.8, 4) is 0 Å². The van der Waals surface area contributed by atoms with Crippen molar-refractivity contribution in [1.82, 2.24) is 0 Å². The van der Waals surface area contributed by atoms with Gasteiger partial charge in [-0.05, 0) is 22.0 Å². The molecular formula is C7H4BrF3O2S. The van der Waals surface area contributed by atoms with Crippen LogP contribution < -0.4 is 0 Å². The molecule has 0 unspecified atom stereocenters. The van der Waals surface area contributed by atoms with Gasteiger partial charge in [-0.2, -0.15) is 13.2 Å². The highest BCUT2D eigenvalue weighted by Crippen LogP contribution is 2.40. The average Bonchev–Trinajstić information content (AvgIpc) is 2.45. The highest BCUT2D eigenvalue weighted by molar-refractivity contribution is 9.11. The molecule has 0 aliphatic heterocycles. The van der Waals surface area contributed by atoms with Gasteiger partial charge in [0.15, 0.2) is 0 Å². The second-order valence-electron chi connectivity index (χ2n) is 2.28. The van der Waals surface area contributed by atoms with Gasteiger partial charge < -0.3 is 4.74 Å². The van der Waals surface area contributed by atoms with Gasteiger partial charge in [-0.15, -0.1) is 11.3 Å². The lowest BCUT2D eigenvalue weighted by molar-refractivity contribution is -0.134. The number of rotatable bonds is 1. The van der Waals surface area contributed by atoms with E-state index in [1.165, 1.54) is 0 Å². The third-order valence-corrected chi connectivity index (χ3v) is 3.05. The molecule has 0 fully saturated rings. The van der Waals surface area contributed by atoms with Gasteiger partial charge in [-0.1, -0.05) is 0 Å². The Bertz CT molecular complexity index is 358. The summed E-state index contributed by atoms with van der Waals surface area (Å²) >= 11 is 3.34. The molecule has 0 radical (unpaired) electrons. The fourth-order valence-electron chi connectivity index (χ4n) is 0.833. The minimum atomic E-state index is -4.53. The molecular weight excluding hydrogens is 285 g/mol. The summed E-state index contributed by atoms with van der Waals surface area (Å²) in [6, 6.07) is 1.10. The first-order valence-corrected chi connectivity index (χ1v) is 4.92. The number of carbonyl (C=O) groups excluding carboxylic acids is 1. The van der Waals surface area contributed by atoms with Gasteiger partial charge in [0, 0.05) is 0 Å². The summed E-state index contributed by atoms with van der Waals surface area (Å²) in [5.41, 5.74) is -0.461. The van der Waals surface area contributed by atoms with Crippen LogP contribution in [0.4, 0.5) is 13.2 Å². The van der Waals surface area contributed by atoms with E-state index in [4.69, 9.17) is 0 Å². The number of hydrogen-bond donors (Lipinski definition) is 0. The molecule has 1 aromatic heterocycles. The summed E-state index contributed by atoms with van der Waals surface area (Å²) in [4.78, 5) is 10.0. The van der Waals surface area contributed by atoms with E-state index < -0.39 is 22.6 Å². The van der Waals surface area contributed by atoms with Gasteiger partial charge in [-0.25, -0.2) is 4.79 Å². The van der Waals surface area contributed by atoms with Gasteiger partial charge in [-0.3, -0.25) is 0 Å². The number of ether oxygens (including phenoxy) is 1. The highest BCUT2D eigenvalue weighted by Gasteiger charge is 2.38. The van der Waals surface area contributed by atoms with Crippen LogP contribution in [0, 0.1) is 0 Å². The second kappa shape index (κ2) is 3.90. The van der Waals surface area contributed by atoms with Crippen molar-refractivity contribution in [3.63, 3.8) is 0 Å². The number of esters is 1. The largest absolute Gasteiger partial charge is 0.465 e. The molecule has 0 N–H and O–H groups in total. The lowest BCUT2D eigenvalue weighted by Crippen LogP contribution is -2.10. The van der Waals surface area contributed by atoms with Gasteiger partial charge in [0.05, 0.1) is 16.5 Å². The molecule has 0 saturated carbocycles. The zero-order valence-electron chi connectivity index (χ0n) is 6.81. The molecule has 78 valence electrons. The topological polar surface area (TPSA) is 26.3 Å². The number of halogens is 4. The van der Waals surface area contributed by atoms with E-state index in [0.29, 0.717) is 11.3 Å². The number of carbonyl (C=O) groups is 1. The van der Waals surface area contributed by atoms with E-state index in [1.54, 1.807) is 0 Å². The van der Waals surface area contributed by atoms with E-state index >= 15 is 0 Å². The maximum Gasteiger partial charge on any atom is 0.426 e. The molecule has 2 nitrogen and oxygen atoms in total. The van der Waals surface area contributed by atoms with Crippen molar-refractivity contribution in [2.24, 2.45) is 0 Å². The van der Waals surface area contributed by atoms with Crippen LogP contribution in [0.25, 0.3) is 0 Å². The summed E-state index contributed by atoms with van der Waals surface area (Å²) in [6.45, 7) is 0. The van der Waals surface area contributed by atoms with Crippen LogP contribution in [0.3, 0.4) is 0 Å². The summed E-state index contributed by atoms with van der Waals surface area (Å²) in [5, 5.41) is 0. The van der Waals surface area contributed by atoms with E-state index in [1.807, 2.05) is 0 Å². The monoisotopic (exact) mass is 288 g/mol. The number of hydrogen-bond acceptors (Lipinski definition) is 3. The van der Waals surface area contributed by atoms with Crippen LogP contribution >= 0.6 is 27.3 Å². The first kappa shape index (κ1) is 11.5. The predicted molar refractivity (Wildman–Crippen MR) is 48.4 cm³/mol. The lowest BCUT2D eigenvalue weighted by Gasteiger charge is -2.05. The fraction of sp³-hybridized carbons (Fsp3) is 0.286. The van der Waals surface area contributed by atoms with Crippen molar-refractivity contribution in [2.45, 2.75) is 6.18 Å². The summed E-state index contributed by atoms with van der Waals surface area (Å²) in [7, 11) is 1.04. The lowest BCUT2D eigenvalue weighted by atomic mass is 10.2. The smallest absolute Gasteiger partial charge is 0.426 e. The standard InChI is InChI=1S/C7H4BrF3O2S/c1-13-6(12)3-2-4(8)14-5(3)7(9,10)11/h2H,1H3. The van der Waals surface area contributed by atoms with Crippen LogP contribution in [-0.2, 0) is 10.9 Å². The SMILES string of the molecule is COC(=O)c1cc(Br)sc1C(F)(F)F.